The fourth-order valence-electron chi connectivity index (χ4n) is 3.22. The Labute approximate surface area is 187 Å². The van der Waals surface area contributed by atoms with Crippen molar-refractivity contribution in [1.82, 2.24) is 19.5 Å². The van der Waals surface area contributed by atoms with Gasteiger partial charge >= 0.3 is 23.5 Å². The fraction of sp³-hybridized carbons (Fsp3) is 0.417. The normalized spacial score (nSPS) is 32.6. The van der Waals surface area contributed by atoms with Gasteiger partial charge in [-0.05, 0) is 0 Å². The van der Waals surface area contributed by atoms with Crippen molar-refractivity contribution in [3.63, 3.8) is 0 Å². The maximum Gasteiger partial charge on any atom is 0.490 e. The zero-order chi connectivity index (χ0) is 25.1. The first-order chi connectivity index (χ1) is 15.6. The van der Waals surface area contributed by atoms with E-state index in [1.54, 1.807) is 0 Å². The number of hydrogen-bond donors (Lipinski definition) is 7. The van der Waals surface area contributed by atoms with Gasteiger partial charge in [0.1, 0.15) is 24.1 Å². The minimum atomic E-state index is -5.82. The van der Waals surface area contributed by atoms with Crippen LogP contribution in [0.25, 0.3) is 11.2 Å². The molecule has 3 unspecified atom stereocenters. The number of nitrogen functional groups attached to an aromatic ring is 1. The van der Waals surface area contributed by atoms with E-state index in [4.69, 9.17) is 29.5 Å². The number of aromatic nitrogens is 4. The zero-order valence-corrected chi connectivity index (χ0v) is 19.0. The van der Waals surface area contributed by atoms with E-state index in [0.29, 0.717) is 0 Å². The van der Waals surface area contributed by atoms with Gasteiger partial charge in [0.15, 0.2) is 23.8 Å². The number of rotatable bonds is 8. The number of phosphoric acid groups is 3. The van der Waals surface area contributed by atoms with Gasteiger partial charge in [-0.2, -0.15) is 8.62 Å². The van der Waals surface area contributed by atoms with Crippen LogP contribution in [0.5, 0.6) is 0 Å². The highest BCUT2D eigenvalue weighted by molar-refractivity contribution is 7.66. The number of phosphoric ester groups is 1. The molecular formula is C12H16N5O14P3. The quantitative estimate of drug-likeness (QED) is 0.187. The average molecular weight is 547 g/mol. The van der Waals surface area contributed by atoms with Gasteiger partial charge in [-0.15, -0.1) is 0 Å². The van der Waals surface area contributed by atoms with E-state index < -0.39 is 53.8 Å². The summed E-state index contributed by atoms with van der Waals surface area (Å²) in [7, 11) is -17.1. The van der Waals surface area contributed by atoms with Crippen molar-refractivity contribution in [1.29, 1.82) is 0 Å². The van der Waals surface area contributed by atoms with Gasteiger partial charge in [0, 0.05) is 6.08 Å². The molecule has 19 nitrogen and oxygen atoms in total. The lowest BCUT2D eigenvalue weighted by Gasteiger charge is -2.40. The number of anilines is 1. The van der Waals surface area contributed by atoms with Crippen molar-refractivity contribution >= 4 is 40.4 Å². The summed E-state index contributed by atoms with van der Waals surface area (Å²) < 4.78 is 58.4. The molecule has 188 valence electrons. The molecule has 2 aliphatic rings. The van der Waals surface area contributed by atoms with Gasteiger partial charge in [0.05, 0.1) is 12.6 Å². The van der Waals surface area contributed by atoms with Crippen molar-refractivity contribution in [3.05, 3.63) is 25.0 Å². The largest absolute Gasteiger partial charge is 0.490 e. The summed E-state index contributed by atoms with van der Waals surface area (Å²) in [5.41, 5.74) is 5.97. The van der Waals surface area contributed by atoms with Gasteiger partial charge in [-0.25, -0.2) is 33.2 Å². The lowest BCUT2D eigenvalue weighted by Crippen LogP contribution is -2.53. The molecule has 1 saturated heterocycles. The molecule has 2 aliphatic heterocycles. The van der Waals surface area contributed by atoms with E-state index >= 15 is 0 Å². The Kier molecular flexibility index (Phi) is 6.24. The summed E-state index contributed by atoms with van der Waals surface area (Å²) in [5, 5.41) is 21.1. The third-order valence-corrected chi connectivity index (χ3v) is 8.37. The van der Waals surface area contributed by atoms with E-state index in [1.807, 2.05) is 0 Å². The Bertz CT molecular complexity index is 1280. The monoisotopic (exact) mass is 547 g/mol. The van der Waals surface area contributed by atoms with Crippen molar-refractivity contribution in [2.75, 3.05) is 5.73 Å². The minimum Gasteiger partial charge on any atom is -0.463 e. The molecule has 2 aromatic heterocycles. The van der Waals surface area contributed by atoms with Crippen LogP contribution >= 0.6 is 23.5 Å². The number of nitrogens with zero attached hydrogens (tertiary/aromatic N) is 4. The van der Waals surface area contributed by atoms with Crippen LogP contribution in [0.3, 0.4) is 0 Å². The number of fused-ring (bicyclic) bond motifs is 1. The van der Waals surface area contributed by atoms with Crippen LogP contribution in [-0.2, 0) is 36.3 Å². The molecule has 0 aromatic carbocycles. The Morgan fingerprint density at radius 2 is 1.71 bits per heavy atom. The molecular weight excluding hydrogens is 531 g/mol. The maximum absolute atomic E-state index is 12.3. The molecule has 34 heavy (non-hydrogen) atoms. The molecule has 1 fully saturated rings. The van der Waals surface area contributed by atoms with Crippen LogP contribution in [0, 0.1) is 0 Å². The molecule has 4 heterocycles. The molecule has 0 aliphatic carbocycles. The van der Waals surface area contributed by atoms with Crippen LogP contribution in [0.1, 0.15) is 6.23 Å². The molecule has 0 amide bonds. The van der Waals surface area contributed by atoms with Crippen molar-refractivity contribution < 1.29 is 66.1 Å². The third-order valence-electron chi connectivity index (χ3n) is 4.52. The smallest absolute Gasteiger partial charge is 0.463 e. The van der Waals surface area contributed by atoms with Gasteiger partial charge in [0.2, 0.25) is 0 Å². The summed E-state index contributed by atoms with van der Waals surface area (Å²) in [4.78, 5) is 48.1. The molecule has 22 heteroatoms. The van der Waals surface area contributed by atoms with E-state index in [9.17, 15) is 33.7 Å². The van der Waals surface area contributed by atoms with Crippen LogP contribution in [0.15, 0.2) is 25.0 Å². The van der Waals surface area contributed by atoms with Gasteiger partial charge in [-0.1, -0.05) is 0 Å². The SMILES string of the molecule is Nc1ncnc2c1ncn2[C@@H]1O[C@H](C2(OP(=O)(O)OP(=O)(O)OP(=O)(O)O)C=CO2)[C@@H](O)[C@H]1O. The minimum absolute atomic E-state index is 0.0164. The van der Waals surface area contributed by atoms with Gasteiger partial charge < -0.3 is 45.0 Å². The van der Waals surface area contributed by atoms with Crippen LogP contribution < -0.4 is 5.73 Å². The fourth-order valence-corrected chi connectivity index (χ4v) is 6.43. The summed E-state index contributed by atoms with van der Waals surface area (Å²) in [6.45, 7) is 0. The molecule has 8 N–H and O–H groups in total. The number of aliphatic hydroxyl groups is 2. The molecule has 7 atom stereocenters. The topological polar surface area (TPSA) is 288 Å². The predicted molar refractivity (Wildman–Crippen MR) is 104 cm³/mol. The average Bonchev–Trinajstić information content (AvgIpc) is 3.18. The lowest BCUT2D eigenvalue weighted by atomic mass is 10.0. The van der Waals surface area contributed by atoms with Crippen LogP contribution in [0.2, 0.25) is 0 Å². The lowest BCUT2D eigenvalue weighted by molar-refractivity contribution is -0.236. The second kappa shape index (κ2) is 8.39. The second-order valence-corrected chi connectivity index (χ2v) is 11.2. The number of aliphatic hydroxyl groups excluding tert-OH is 2. The Hall–Kier alpha value is -1.82. The van der Waals surface area contributed by atoms with Gasteiger partial charge in [-0.3, -0.25) is 4.57 Å². The summed E-state index contributed by atoms with van der Waals surface area (Å²) in [6.07, 6.45) is -2.55. The molecule has 0 spiro atoms. The van der Waals surface area contributed by atoms with Crippen molar-refractivity contribution in [2.45, 2.75) is 30.3 Å². The van der Waals surface area contributed by atoms with Crippen LogP contribution in [0.4, 0.5) is 5.82 Å². The molecule has 4 rings (SSSR count). The molecule has 2 aromatic rings. The third kappa shape index (κ3) is 4.80. The summed E-state index contributed by atoms with van der Waals surface area (Å²) in [5.74, 6) is -2.44. The van der Waals surface area contributed by atoms with Crippen molar-refractivity contribution in [3.8, 4) is 0 Å². The highest BCUT2D eigenvalue weighted by atomic mass is 31.3. The van der Waals surface area contributed by atoms with Crippen LogP contribution in [-0.4, -0.2) is 73.4 Å². The number of nitrogens with two attached hydrogens (primary N) is 1. The first-order valence-corrected chi connectivity index (χ1v) is 13.3. The maximum atomic E-state index is 12.3. The molecule has 0 saturated carbocycles. The standard InChI is InChI=1S/C12H16N5O14P3/c13-9-5-10(15-3-14-9)17(4-16-5)11-7(19)6(18)8(28-11)12(1-2-27-12)29-33(23,24)31-34(25,26)30-32(20,21)22/h1-4,6-8,11,18-19H,(H,23,24)(H,25,26)(H2,13,14,15)(H2,20,21,22)/t6-,7+,8-,11+,12?/m0/s1. The Morgan fingerprint density at radius 3 is 2.29 bits per heavy atom. The van der Waals surface area contributed by atoms with Crippen molar-refractivity contribution in [2.24, 2.45) is 0 Å². The van der Waals surface area contributed by atoms with E-state index in [1.165, 1.54) is 10.9 Å². The first-order valence-electron chi connectivity index (χ1n) is 8.78. The second-order valence-electron chi connectivity index (χ2n) is 6.84. The summed E-state index contributed by atoms with van der Waals surface area (Å²) in [6, 6.07) is 0. The van der Waals surface area contributed by atoms with E-state index in [-0.39, 0.29) is 17.0 Å². The number of imidazole rings is 1. The number of ether oxygens (including phenoxy) is 2. The van der Waals surface area contributed by atoms with E-state index in [2.05, 4.69) is 23.6 Å². The Morgan fingerprint density at radius 1 is 1.03 bits per heavy atom. The highest BCUT2D eigenvalue weighted by Crippen LogP contribution is 2.68. The van der Waals surface area contributed by atoms with Gasteiger partial charge in [0.25, 0.3) is 5.79 Å². The number of hydrogen-bond acceptors (Lipinski definition) is 14. The Balaban J connectivity index is 1.58. The van der Waals surface area contributed by atoms with E-state index in [0.717, 1.165) is 18.7 Å². The highest BCUT2D eigenvalue weighted by Gasteiger charge is 2.61. The molecule has 0 bridgehead atoms. The predicted octanol–water partition coefficient (Wildman–Crippen LogP) is -1.39. The molecule has 0 radical (unpaired) electrons. The zero-order valence-electron chi connectivity index (χ0n) is 16.3. The first kappa shape index (κ1) is 25.3. The summed E-state index contributed by atoms with van der Waals surface area (Å²) >= 11 is 0.